The summed E-state index contributed by atoms with van der Waals surface area (Å²) < 4.78 is 25.5. The van der Waals surface area contributed by atoms with Crippen LogP contribution in [0.3, 0.4) is 0 Å². The Balaban J connectivity index is 2.81. The summed E-state index contributed by atoms with van der Waals surface area (Å²) in [6.07, 6.45) is 0. The van der Waals surface area contributed by atoms with Gasteiger partial charge in [-0.15, -0.1) is 0 Å². The Hall–Kier alpha value is -1.96. The van der Waals surface area contributed by atoms with Crippen LogP contribution in [0.25, 0.3) is 4.85 Å². The molecule has 5 heteroatoms. The maximum absolute atomic E-state index is 12.9. The molecule has 0 spiro atoms. The highest BCUT2D eigenvalue weighted by Gasteiger charge is 2.09. The molecular formula is C9H6F2N2O. The average Bonchev–Trinajstić information content (AvgIpc) is 2.12. The molecule has 0 atom stereocenters. The van der Waals surface area contributed by atoms with E-state index in [-0.39, 0.29) is 5.69 Å². The molecule has 72 valence electrons. The zero-order valence-electron chi connectivity index (χ0n) is 7.05. The number of nitrogens with one attached hydrogen (secondary N) is 1. The fraction of sp³-hybridized carbons (Fsp3) is 0.111. The van der Waals surface area contributed by atoms with E-state index in [1.165, 1.54) is 0 Å². The largest absolute Gasteiger partial charge is 0.317 e. The van der Waals surface area contributed by atoms with Gasteiger partial charge in [0.2, 0.25) is 0 Å². The van der Waals surface area contributed by atoms with E-state index in [9.17, 15) is 13.6 Å². The highest BCUT2D eigenvalue weighted by molar-refractivity contribution is 5.93. The lowest BCUT2D eigenvalue weighted by molar-refractivity contribution is -0.114. The number of benzene rings is 1. The molecule has 0 aromatic heterocycles. The van der Waals surface area contributed by atoms with Crippen LogP contribution in [-0.4, -0.2) is 12.5 Å². The second-order valence-electron chi connectivity index (χ2n) is 2.49. The monoisotopic (exact) mass is 196 g/mol. The lowest BCUT2D eigenvalue weighted by Gasteiger charge is -2.02. The Morgan fingerprint density at radius 1 is 1.50 bits per heavy atom. The SMILES string of the molecule is [C-]#[N+]CC(=O)Nc1cc(F)ccc1F. The van der Waals surface area contributed by atoms with Crippen LogP contribution >= 0.6 is 0 Å². The summed E-state index contributed by atoms with van der Waals surface area (Å²) in [5, 5.41) is 2.08. The highest BCUT2D eigenvalue weighted by Crippen LogP contribution is 2.14. The normalized spacial score (nSPS) is 9.21. The molecule has 0 unspecified atom stereocenters. The fourth-order valence-corrected chi connectivity index (χ4v) is 0.855. The standard InChI is InChI=1S/C9H6F2N2O/c1-12-5-9(14)13-8-4-6(10)2-3-7(8)11/h2-4H,5H2,(H,13,14). The van der Waals surface area contributed by atoms with Crippen LogP contribution in [0.1, 0.15) is 0 Å². The second kappa shape index (κ2) is 4.33. The summed E-state index contributed by atoms with van der Waals surface area (Å²) in [5.74, 6) is -2.04. The minimum atomic E-state index is -0.732. The van der Waals surface area contributed by atoms with Crippen molar-refractivity contribution in [3.05, 3.63) is 41.3 Å². The van der Waals surface area contributed by atoms with Crippen LogP contribution in [0, 0.1) is 18.2 Å². The molecule has 0 saturated carbocycles. The van der Waals surface area contributed by atoms with Gasteiger partial charge in [0.05, 0.1) is 5.69 Å². The molecule has 0 saturated heterocycles. The number of nitrogens with zero attached hydrogens (tertiary/aromatic N) is 1. The third kappa shape index (κ3) is 2.52. The second-order valence-corrected chi connectivity index (χ2v) is 2.49. The van der Waals surface area contributed by atoms with Crippen molar-refractivity contribution in [2.75, 3.05) is 11.9 Å². The third-order valence-electron chi connectivity index (χ3n) is 1.43. The first-order chi connectivity index (χ1) is 6.63. The maximum Gasteiger partial charge on any atom is 0.304 e. The van der Waals surface area contributed by atoms with Crippen LogP contribution in [0.5, 0.6) is 0 Å². The van der Waals surface area contributed by atoms with E-state index in [2.05, 4.69) is 10.2 Å². The Kier molecular flexibility index (Phi) is 3.13. The molecule has 0 aliphatic carbocycles. The Bertz CT molecular complexity index is 398. The van der Waals surface area contributed by atoms with Gasteiger partial charge in [0, 0.05) is 6.07 Å². The van der Waals surface area contributed by atoms with Crippen LogP contribution in [0.4, 0.5) is 14.5 Å². The highest BCUT2D eigenvalue weighted by atomic mass is 19.1. The van der Waals surface area contributed by atoms with Gasteiger partial charge in [-0.2, -0.15) is 0 Å². The number of halogens is 2. The van der Waals surface area contributed by atoms with E-state index in [0.717, 1.165) is 18.2 Å². The summed E-state index contributed by atoms with van der Waals surface area (Å²) in [7, 11) is 0. The molecule has 1 amide bonds. The van der Waals surface area contributed by atoms with Gasteiger partial charge in [-0.05, 0) is 12.1 Å². The van der Waals surface area contributed by atoms with Crippen molar-refractivity contribution in [1.29, 1.82) is 0 Å². The van der Waals surface area contributed by atoms with Crippen LogP contribution in [0.15, 0.2) is 18.2 Å². The first kappa shape index (κ1) is 10.1. The van der Waals surface area contributed by atoms with Crippen molar-refractivity contribution in [2.24, 2.45) is 0 Å². The summed E-state index contributed by atoms with van der Waals surface area (Å²) in [6.45, 7) is 5.98. The van der Waals surface area contributed by atoms with Gasteiger partial charge >= 0.3 is 5.91 Å². The number of amides is 1. The zero-order chi connectivity index (χ0) is 10.6. The molecule has 3 nitrogen and oxygen atoms in total. The minimum absolute atomic E-state index is 0.251. The van der Waals surface area contributed by atoms with Gasteiger partial charge in [-0.25, -0.2) is 15.4 Å². The summed E-state index contributed by atoms with van der Waals surface area (Å²) in [6, 6.07) is 2.71. The number of rotatable bonds is 2. The smallest absolute Gasteiger partial charge is 0.304 e. The summed E-state index contributed by atoms with van der Waals surface area (Å²) >= 11 is 0. The van der Waals surface area contributed by atoms with Crippen molar-refractivity contribution < 1.29 is 13.6 Å². The Morgan fingerprint density at radius 2 is 2.21 bits per heavy atom. The van der Waals surface area contributed by atoms with Gasteiger partial charge in [0.15, 0.2) is 0 Å². The predicted octanol–water partition coefficient (Wildman–Crippen LogP) is 1.82. The van der Waals surface area contributed by atoms with Crippen molar-refractivity contribution in [3.63, 3.8) is 0 Å². The molecule has 14 heavy (non-hydrogen) atoms. The molecule has 0 aliphatic rings. The summed E-state index contributed by atoms with van der Waals surface area (Å²) in [4.78, 5) is 13.7. The predicted molar refractivity (Wildman–Crippen MR) is 46.5 cm³/mol. The number of carbonyl (C=O) groups excluding carboxylic acids is 1. The number of anilines is 1. The summed E-state index contributed by atoms with van der Waals surface area (Å²) in [5.41, 5.74) is -0.251. The van der Waals surface area contributed by atoms with Crippen LogP contribution < -0.4 is 5.32 Å². The molecule has 0 radical (unpaired) electrons. The fourth-order valence-electron chi connectivity index (χ4n) is 0.855. The van der Waals surface area contributed by atoms with Gasteiger partial charge in [0.1, 0.15) is 11.6 Å². The molecule has 1 rings (SSSR count). The van der Waals surface area contributed by atoms with Gasteiger partial charge in [0.25, 0.3) is 6.54 Å². The molecule has 0 bridgehead atoms. The average molecular weight is 196 g/mol. The molecule has 0 heterocycles. The molecule has 0 fully saturated rings. The quantitative estimate of drug-likeness (QED) is 0.719. The van der Waals surface area contributed by atoms with E-state index in [0.29, 0.717) is 0 Å². The van der Waals surface area contributed by atoms with E-state index in [1.54, 1.807) is 0 Å². The van der Waals surface area contributed by atoms with Crippen molar-refractivity contribution in [3.8, 4) is 0 Å². The first-order valence-corrected chi connectivity index (χ1v) is 3.71. The van der Waals surface area contributed by atoms with Gasteiger partial charge in [-0.1, -0.05) is 0 Å². The van der Waals surface area contributed by atoms with Gasteiger partial charge < -0.3 is 10.2 Å². The van der Waals surface area contributed by atoms with Crippen LogP contribution in [-0.2, 0) is 4.79 Å². The van der Waals surface area contributed by atoms with E-state index >= 15 is 0 Å². The topological polar surface area (TPSA) is 33.5 Å². The zero-order valence-corrected chi connectivity index (χ0v) is 7.05. The lowest BCUT2D eigenvalue weighted by Crippen LogP contribution is -2.14. The third-order valence-corrected chi connectivity index (χ3v) is 1.43. The van der Waals surface area contributed by atoms with E-state index < -0.39 is 24.1 Å². The van der Waals surface area contributed by atoms with E-state index in [4.69, 9.17) is 6.57 Å². The molecule has 1 aromatic rings. The van der Waals surface area contributed by atoms with Crippen molar-refractivity contribution in [1.82, 2.24) is 0 Å². The molecule has 1 N–H and O–H groups in total. The maximum atomic E-state index is 12.9. The number of hydrogen-bond acceptors (Lipinski definition) is 1. The van der Waals surface area contributed by atoms with Crippen molar-refractivity contribution >= 4 is 11.6 Å². The Morgan fingerprint density at radius 3 is 2.86 bits per heavy atom. The number of hydrogen-bond donors (Lipinski definition) is 1. The van der Waals surface area contributed by atoms with E-state index in [1.807, 2.05) is 0 Å². The Labute approximate surface area is 79.2 Å². The minimum Gasteiger partial charge on any atom is -0.317 e. The lowest BCUT2D eigenvalue weighted by atomic mass is 10.3. The van der Waals surface area contributed by atoms with Crippen LogP contribution in [0.2, 0.25) is 0 Å². The number of carbonyl (C=O) groups is 1. The molecular weight excluding hydrogens is 190 g/mol. The van der Waals surface area contributed by atoms with Gasteiger partial charge in [-0.3, -0.25) is 4.79 Å². The van der Waals surface area contributed by atoms with Crippen molar-refractivity contribution in [2.45, 2.75) is 0 Å². The first-order valence-electron chi connectivity index (χ1n) is 3.71. The molecule has 0 aliphatic heterocycles. The molecule has 1 aromatic carbocycles.